The zero-order valence-corrected chi connectivity index (χ0v) is 39.7. The quantitative estimate of drug-likeness (QED) is 0.199. The van der Waals surface area contributed by atoms with Crippen molar-refractivity contribution in [2.75, 3.05) is 6.54 Å². The fourth-order valence-electron chi connectivity index (χ4n) is 16.1. The Morgan fingerprint density at radius 2 is 1.48 bits per heavy atom. The van der Waals surface area contributed by atoms with Crippen LogP contribution in [0, 0.1) is 68.0 Å². The number of rotatable bonds is 10. The van der Waals surface area contributed by atoms with Crippen molar-refractivity contribution in [2.24, 2.45) is 68.0 Å². The number of aliphatic carboxylic acids is 1. The summed E-state index contributed by atoms with van der Waals surface area (Å²) in [5.74, 6) is -0.837. The zero-order valence-electron chi connectivity index (χ0n) is 38.9. The minimum Gasteiger partial charge on any atom is -0.481 e. The van der Waals surface area contributed by atoms with E-state index < -0.39 is 34.2 Å². The molecule has 0 aromatic heterocycles. The minimum atomic E-state index is -0.839. The average Bonchev–Trinajstić information content (AvgIpc) is 3.76. The van der Waals surface area contributed by atoms with Crippen molar-refractivity contribution in [3.05, 3.63) is 46.0 Å². The van der Waals surface area contributed by atoms with E-state index in [1.807, 2.05) is 13.8 Å². The highest BCUT2D eigenvalue weighted by Crippen LogP contribution is 2.77. The number of carboxylic acids is 1. The van der Waals surface area contributed by atoms with Gasteiger partial charge in [-0.2, -0.15) is 0 Å². The Morgan fingerprint density at radius 1 is 0.806 bits per heavy atom. The van der Waals surface area contributed by atoms with Gasteiger partial charge in [0.25, 0.3) is 5.91 Å². The molecule has 62 heavy (non-hydrogen) atoms. The third kappa shape index (κ3) is 6.93. The third-order valence-corrected chi connectivity index (χ3v) is 20.0. The Kier molecular flexibility index (Phi) is 11.3. The molecule has 0 bridgehead atoms. The van der Waals surface area contributed by atoms with E-state index in [1.54, 1.807) is 24.3 Å². The Labute approximate surface area is 375 Å². The molecule has 6 fully saturated rings. The number of carboxylic acid groups (broad SMARTS) is 1. The number of hydrogen-bond donors (Lipinski definition) is 3. The highest BCUT2D eigenvalue weighted by molar-refractivity contribution is 6.30. The molecule has 7 aliphatic rings. The van der Waals surface area contributed by atoms with E-state index >= 15 is 0 Å². The van der Waals surface area contributed by atoms with Crippen LogP contribution in [0.25, 0.3) is 0 Å². The van der Waals surface area contributed by atoms with Crippen molar-refractivity contribution >= 4 is 41.1 Å². The van der Waals surface area contributed by atoms with Crippen LogP contribution in [0.2, 0.25) is 5.02 Å². The molecule has 1 aromatic carbocycles. The van der Waals surface area contributed by atoms with Crippen molar-refractivity contribution < 1.29 is 33.8 Å². The number of halogens is 1. The van der Waals surface area contributed by atoms with E-state index in [0.29, 0.717) is 48.2 Å². The standard InChI is InChI=1S/C52H73ClN2O7/c1-30(2)41-36(56)27-51(28-40(57)55-52(20-10-11-21-52)29-54-43(58)31-12-14-32(53)15-13-31)25-24-49(8)33(42(41)51)16-17-38-48(7)22-19-39(47(5,6)37(48)18-23-50(38,49)9)62-45(61)35-26-34(44(59)60)46(35,3)4/h12-15,30,33-35,37-39H,10-11,16-29H2,1-9H3,(H,54,58)(H,55,57)(H,59,60)/t33-,34+,35-,37+,38-,39+,48+,49-,50-,51+/m1/s1. The number of allylic oxidation sites excluding steroid dienone is 2. The van der Waals surface area contributed by atoms with E-state index in [0.717, 1.165) is 82.6 Å². The number of ketones is 1. The topological polar surface area (TPSA) is 139 Å². The van der Waals surface area contributed by atoms with E-state index in [9.17, 15) is 29.1 Å². The van der Waals surface area contributed by atoms with Gasteiger partial charge < -0.3 is 20.5 Å². The molecule has 6 saturated carbocycles. The molecule has 340 valence electrons. The van der Waals surface area contributed by atoms with Gasteiger partial charge in [0.15, 0.2) is 5.78 Å². The summed E-state index contributed by atoms with van der Waals surface area (Å²) in [6.45, 7) is 20.7. The number of carbonyl (C=O) groups excluding carboxylic acids is 4. The van der Waals surface area contributed by atoms with Gasteiger partial charge in [-0.1, -0.05) is 92.3 Å². The first-order valence-corrected chi connectivity index (χ1v) is 24.4. The Hall–Kier alpha value is -3.20. The van der Waals surface area contributed by atoms with Gasteiger partial charge in [0.05, 0.1) is 17.4 Å². The molecular weight excluding hydrogens is 800 g/mol. The van der Waals surface area contributed by atoms with Crippen LogP contribution in [0.4, 0.5) is 0 Å². The number of ether oxygens (including phenoxy) is 1. The van der Waals surface area contributed by atoms with Crippen molar-refractivity contribution in [1.82, 2.24) is 10.6 Å². The van der Waals surface area contributed by atoms with Gasteiger partial charge >= 0.3 is 11.9 Å². The molecule has 0 saturated heterocycles. The first-order valence-electron chi connectivity index (χ1n) is 24.0. The second-order valence-corrected chi connectivity index (χ2v) is 24.1. The van der Waals surface area contributed by atoms with Crippen LogP contribution in [-0.2, 0) is 23.9 Å². The second kappa shape index (κ2) is 15.5. The number of benzene rings is 1. The number of amides is 2. The molecule has 0 unspecified atom stereocenters. The molecule has 3 N–H and O–H groups in total. The number of carbonyl (C=O) groups is 5. The predicted octanol–water partition coefficient (Wildman–Crippen LogP) is 10.5. The molecule has 2 amide bonds. The van der Waals surface area contributed by atoms with E-state index in [4.69, 9.17) is 16.3 Å². The lowest BCUT2D eigenvalue weighted by Crippen LogP contribution is -2.66. The number of nitrogens with one attached hydrogen (secondary N) is 2. The van der Waals surface area contributed by atoms with E-state index in [2.05, 4.69) is 59.1 Å². The highest BCUT2D eigenvalue weighted by atomic mass is 35.5. The van der Waals surface area contributed by atoms with Gasteiger partial charge in [-0.3, -0.25) is 24.0 Å². The van der Waals surface area contributed by atoms with Crippen LogP contribution in [0.3, 0.4) is 0 Å². The number of esters is 1. The summed E-state index contributed by atoms with van der Waals surface area (Å²) in [7, 11) is 0. The fraction of sp³-hybridized carbons (Fsp3) is 0.750. The molecule has 0 radical (unpaired) electrons. The third-order valence-electron chi connectivity index (χ3n) is 19.8. The van der Waals surface area contributed by atoms with Crippen LogP contribution >= 0.6 is 11.6 Å². The van der Waals surface area contributed by atoms with Gasteiger partial charge in [-0.05, 0) is 146 Å². The summed E-state index contributed by atoms with van der Waals surface area (Å²) in [4.78, 5) is 67.5. The summed E-state index contributed by atoms with van der Waals surface area (Å²) in [5.41, 5.74) is 0.957. The maximum absolute atomic E-state index is 14.5. The predicted molar refractivity (Wildman–Crippen MR) is 240 cm³/mol. The molecule has 0 spiro atoms. The summed E-state index contributed by atoms with van der Waals surface area (Å²) >= 11 is 6.07. The molecule has 9 nitrogen and oxygen atoms in total. The lowest BCUT2D eigenvalue weighted by Gasteiger charge is -2.72. The van der Waals surface area contributed by atoms with Crippen LogP contribution in [0.5, 0.6) is 0 Å². The maximum atomic E-state index is 14.5. The second-order valence-electron chi connectivity index (χ2n) is 23.7. The average molecular weight is 874 g/mol. The molecule has 0 aliphatic heterocycles. The zero-order chi connectivity index (χ0) is 45.0. The first kappa shape index (κ1) is 45.4. The Morgan fingerprint density at radius 3 is 2.11 bits per heavy atom. The van der Waals surface area contributed by atoms with Crippen molar-refractivity contribution in [3.63, 3.8) is 0 Å². The molecular formula is C52H73ClN2O7. The molecule has 7 aliphatic carbocycles. The smallest absolute Gasteiger partial charge is 0.309 e. The molecule has 1 aromatic rings. The summed E-state index contributed by atoms with van der Waals surface area (Å²) in [6, 6.07) is 6.85. The number of hydrogen-bond acceptors (Lipinski definition) is 6. The normalized spacial score (nSPS) is 38.8. The molecule has 0 heterocycles. The van der Waals surface area contributed by atoms with Crippen LogP contribution < -0.4 is 10.6 Å². The number of Topliss-reactive ketones (excluding diaryl/α,β-unsaturated/α-hetero) is 1. The molecule has 10 atom stereocenters. The molecule has 10 heteroatoms. The summed E-state index contributed by atoms with van der Waals surface area (Å²) in [6.07, 6.45) is 12.2. The van der Waals surface area contributed by atoms with Crippen LogP contribution in [0.1, 0.15) is 169 Å². The van der Waals surface area contributed by atoms with Gasteiger partial charge in [0.2, 0.25) is 5.91 Å². The van der Waals surface area contributed by atoms with Gasteiger partial charge in [0.1, 0.15) is 6.10 Å². The number of fused-ring (bicyclic) bond motifs is 7. The lowest BCUT2D eigenvalue weighted by atomic mass is 9.33. The molecule has 8 rings (SSSR count). The van der Waals surface area contributed by atoms with Crippen LogP contribution in [0.15, 0.2) is 35.4 Å². The minimum absolute atomic E-state index is 0.0123. The lowest BCUT2D eigenvalue weighted by molar-refractivity contribution is -0.236. The Bertz CT molecular complexity index is 2050. The Balaban J connectivity index is 1.01. The fourth-order valence-corrected chi connectivity index (χ4v) is 16.2. The monoisotopic (exact) mass is 873 g/mol. The van der Waals surface area contributed by atoms with Gasteiger partial charge in [0, 0.05) is 40.8 Å². The van der Waals surface area contributed by atoms with Crippen LogP contribution in [-0.4, -0.2) is 52.8 Å². The summed E-state index contributed by atoms with van der Waals surface area (Å²) in [5, 5.41) is 16.9. The highest BCUT2D eigenvalue weighted by Gasteiger charge is 2.70. The first-order chi connectivity index (χ1) is 28.9. The SMILES string of the molecule is CC(C)C1=C2[C@H]3CC[C@@H]4[C@@]5(C)CC[C@H](OC(=O)[C@H]6C[C@@H](C(=O)O)C6(C)C)C(C)(C)[C@@H]5CC[C@@]4(C)[C@]3(C)CC[C@@]2(CC(=O)NC2(CNC(=O)c3ccc(Cl)cc3)CCCC2)CC1=O. The summed E-state index contributed by atoms with van der Waals surface area (Å²) < 4.78 is 6.44. The maximum Gasteiger partial charge on any atom is 0.309 e. The van der Waals surface area contributed by atoms with Crippen molar-refractivity contribution in [2.45, 2.75) is 170 Å². The van der Waals surface area contributed by atoms with Gasteiger partial charge in [-0.15, -0.1) is 0 Å². The van der Waals surface area contributed by atoms with Crippen molar-refractivity contribution in [3.8, 4) is 0 Å². The van der Waals surface area contributed by atoms with E-state index in [1.165, 1.54) is 5.57 Å². The van der Waals surface area contributed by atoms with E-state index in [-0.39, 0.29) is 63.2 Å². The largest absolute Gasteiger partial charge is 0.481 e. The van der Waals surface area contributed by atoms with Gasteiger partial charge in [-0.25, -0.2) is 0 Å². The van der Waals surface area contributed by atoms with Crippen molar-refractivity contribution in [1.29, 1.82) is 0 Å².